The fourth-order valence-electron chi connectivity index (χ4n) is 4.83. The standard InChI is InChI=1S/C23H21N3O8/c1-3-23(30)15-7-17-20-13(8-25(17)21(28)14(15)10-34-22(23)29)19(18(27)9-26(31)32)12-6-11(33-2)4-5-16(12)24-20/h4-7,18,27,30H,3,8-10H2,1-2H3/t18?,23-/m0/s1. The van der Waals surface area contributed by atoms with Crippen LogP contribution in [0.5, 0.6) is 5.75 Å². The summed E-state index contributed by atoms with van der Waals surface area (Å²) >= 11 is 0. The summed E-state index contributed by atoms with van der Waals surface area (Å²) in [6.07, 6.45) is -1.45. The Hall–Kier alpha value is -3.83. The minimum absolute atomic E-state index is 0.00628. The fourth-order valence-corrected chi connectivity index (χ4v) is 4.83. The van der Waals surface area contributed by atoms with Gasteiger partial charge < -0.3 is 24.3 Å². The van der Waals surface area contributed by atoms with E-state index in [4.69, 9.17) is 9.47 Å². The molecule has 0 radical (unpaired) electrons. The van der Waals surface area contributed by atoms with Gasteiger partial charge in [0, 0.05) is 27.0 Å². The molecule has 1 aromatic carbocycles. The largest absolute Gasteiger partial charge is 0.497 e. The number of methoxy groups -OCH3 is 1. The van der Waals surface area contributed by atoms with Crippen LogP contribution in [0.25, 0.3) is 22.3 Å². The van der Waals surface area contributed by atoms with Crippen molar-refractivity contribution in [2.24, 2.45) is 0 Å². The van der Waals surface area contributed by atoms with Crippen LogP contribution in [-0.4, -0.2) is 44.3 Å². The summed E-state index contributed by atoms with van der Waals surface area (Å²) in [7, 11) is 1.48. The normalized spacial score (nSPS) is 19.2. The highest BCUT2D eigenvalue weighted by atomic mass is 16.6. The Morgan fingerprint density at radius 1 is 1.32 bits per heavy atom. The summed E-state index contributed by atoms with van der Waals surface area (Å²) in [6, 6.07) is 6.53. The summed E-state index contributed by atoms with van der Waals surface area (Å²) in [5.41, 5.74) is -0.194. The van der Waals surface area contributed by atoms with Crippen LogP contribution in [0.1, 0.15) is 41.7 Å². The van der Waals surface area contributed by atoms with Crippen LogP contribution in [-0.2, 0) is 28.3 Å². The number of hydrogen-bond acceptors (Lipinski definition) is 9. The molecule has 11 heteroatoms. The zero-order valence-electron chi connectivity index (χ0n) is 18.4. The van der Waals surface area contributed by atoms with Crippen molar-refractivity contribution in [3.05, 3.63) is 67.0 Å². The van der Waals surface area contributed by atoms with Crippen molar-refractivity contribution in [3.8, 4) is 17.1 Å². The predicted octanol–water partition coefficient (Wildman–Crippen LogP) is 1.40. The molecule has 0 bridgehead atoms. The number of benzene rings is 1. The molecule has 0 amide bonds. The maximum absolute atomic E-state index is 13.4. The first-order valence-electron chi connectivity index (χ1n) is 10.7. The molecule has 0 spiro atoms. The van der Waals surface area contributed by atoms with E-state index in [2.05, 4.69) is 4.98 Å². The average Bonchev–Trinajstić information content (AvgIpc) is 3.17. The zero-order valence-corrected chi connectivity index (χ0v) is 18.4. The SMILES string of the molecule is CC[C@@]1(O)C(=O)OCc2c1cc1n(c2=O)Cc2c-1nc1ccc(OC)cc1c2C(O)C[N+](=O)[O-]. The Labute approximate surface area is 192 Å². The Balaban J connectivity index is 1.81. The number of aliphatic hydroxyl groups is 2. The molecular formula is C23H21N3O8. The minimum atomic E-state index is -1.97. The molecule has 176 valence electrons. The van der Waals surface area contributed by atoms with Crippen LogP contribution < -0.4 is 10.3 Å². The molecule has 1 unspecified atom stereocenters. The number of carbonyl (C=O) groups excluding carboxylic acids is 1. The molecule has 2 N–H and O–H groups in total. The Bertz CT molecular complexity index is 1450. The Morgan fingerprint density at radius 2 is 2.09 bits per heavy atom. The molecule has 11 nitrogen and oxygen atoms in total. The molecule has 2 aromatic heterocycles. The summed E-state index contributed by atoms with van der Waals surface area (Å²) in [4.78, 5) is 41.0. The topological polar surface area (TPSA) is 154 Å². The lowest BCUT2D eigenvalue weighted by molar-refractivity contribution is -0.491. The third-order valence-electron chi connectivity index (χ3n) is 6.59. The van der Waals surface area contributed by atoms with E-state index in [0.717, 1.165) is 0 Å². The Morgan fingerprint density at radius 3 is 2.76 bits per heavy atom. The van der Waals surface area contributed by atoms with E-state index in [0.29, 0.717) is 33.6 Å². The first-order valence-corrected chi connectivity index (χ1v) is 10.7. The second-order valence-corrected chi connectivity index (χ2v) is 8.37. The molecule has 5 rings (SSSR count). The van der Waals surface area contributed by atoms with Crippen LogP contribution in [0.3, 0.4) is 0 Å². The third-order valence-corrected chi connectivity index (χ3v) is 6.59. The van der Waals surface area contributed by atoms with E-state index < -0.39 is 34.7 Å². The number of esters is 1. The number of ether oxygens (including phenoxy) is 2. The third kappa shape index (κ3) is 3.01. The number of aliphatic hydroxyl groups excluding tert-OH is 1. The molecule has 0 saturated carbocycles. The number of carbonyl (C=O) groups is 1. The van der Waals surface area contributed by atoms with Gasteiger partial charge in [0.1, 0.15) is 18.5 Å². The van der Waals surface area contributed by atoms with Gasteiger partial charge in [-0.05, 0) is 30.7 Å². The van der Waals surface area contributed by atoms with Gasteiger partial charge in [0.15, 0.2) is 5.60 Å². The molecule has 34 heavy (non-hydrogen) atoms. The zero-order chi connectivity index (χ0) is 24.4. The Kier molecular flexibility index (Phi) is 4.92. The molecule has 3 aromatic rings. The van der Waals surface area contributed by atoms with Gasteiger partial charge in [0.05, 0.1) is 36.1 Å². The quantitative estimate of drug-likeness (QED) is 0.252. The van der Waals surface area contributed by atoms with Gasteiger partial charge in [-0.3, -0.25) is 14.9 Å². The highest BCUT2D eigenvalue weighted by Crippen LogP contribution is 2.42. The lowest BCUT2D eigenvalue weighted by atomic mass is 9.86. The molecule has 4 heterocycles. The number of rotatable bonds is 5. The van der Waals surface area contributed by atoms with Crippen molar-refractivity contribution in [2.45, 2.75) is 38.2 Å². The number of aromatic nitrogens is 2. The van der Waals surface area contributed by atoms with Gasteiger partial charge in [-0.25, -0.2) is 9.78 Å². The van der Waals surface area contributed by atoms with Crippen molar-refractivity contribution in [2.75, 3.05) is 13.7 Å². The van der Waals surface area contributed by atoms with Gasteiger partial charge in [0.2, 0.25) is 6.54 Å². The van der Waals surface area contributed by atoms with Crippen LogP contribution in [0.4, 0.5) is 0 Å². The second-order valence-electron chi connectivity index (χ2n) is 8.37. The van der Waals surface area contributed by atoms with Crippen LogP contribution >= 0.6 is 0 Å². The summed E-state index contributed by atoms with van der Waals surface area (Å²) < 4.78 is 11.8. The molecule has 2 aliphatic rings. The molecular weight excluding hydrogens is 446 g/mol. The summed E-state index contributed by atoms with van der Waals surface area (Å²) in [6.45, 7) is 0.623. The number of nitro groups is 1. The van der Waals surface area contributed by atoms with Crippen molar-refractivity contribution >= 4 is 16.9 Å². The van der Waals surface area contributed by atoms with Crippen molar-refractivity contribution < 1.29 is 29.4 Å². The van der Waals surface area contributed by atoms with Gasteiger partial charge in [-0.1, -0.05) is 6.92 Å². The first-order chi connectivity index (χ1) is 16.2. The lowest BCUT2D eigenvalue weighted by Crippen LogP contribution is -2.44. The van der Waals surface area contributed by atoms with Crippen molar-refractivity contribution in [3.63, 3.8) is 0 Å². The number of pyridine rings is 2. The molecule has 2 atom stereocenters. The van der Waals surface area contributed by atoms with E-state index in [-0.39, 0.29) is 36.3 Å². The van der Waals surface area contributed by atoms with Gasteiger partial charge >= 0.3 is 5.97 Å². The second kappa shape index (κ2) is 7.61. The summed E-state index contributed by atoms with van der Waals surface area (Å²) in [5.74, 6) is -0.346. The molecule has 2 aliphatic heterocycles. The number of hydrogen-bond donors (Lipinski definition) is 2. The van der Waals surface area contributed by atoms with Gasteiger partial charge in [0.25, 0.3) is 5.56 Å². The van der Waals surface area contributed by atoms with E-state index in [9.17, 15) is 29.9 Å². The summed E-state index contributed by atoms with van der Waals surface area (Å²) in [5, 5.41) is 33.5. The highest BCUT2D eigenvalue weighted by molar-refractivity contribution is 5.90. The van der Waals surface area contributed by atoms with E-state index >= 15 is 0 Å². The minimum Gasteiger partial charge on any atom is -0.497 e. The fraction of sp³-hybridized carbons (Fsp3) is 0.348. The van der Waals surface area contributed by atoms with Crippen LogP contribution in [0.2, 0.25) is 0 Å². The number of cyclic esters (lactones) is 1. The van der Waals surface area contributed by atoms with Gasteiger partial charge in [-0.15, -0.1) is 0 Å². The van der Waals surface area contributed by atoms with Crippen molar-refractivity contribution in [1.82, 2.24) is 9.55 Å². The van der Waals surface area contributed by atoms with Crippen LogP contribution in [0, 0.1) is 10.1 Å². The van der Waals surface area contributed by atoms with Crippen molar-refractivity contribution in [1.29, 1.82) is 0 Å². The first kappa shape index (κ1) is 22.0. The van der Waals surface area contributed by atoms with Crippen LogP contribution in [0.15, 0.2) is 29.1 Å². The predicted molar refractivity (Wildman–Crippen MR) is 118 cm³/mol. The maximum Gasteiger partial charge on any atom is 0.343 e. The van der Waals surface area contributed by atoms with E-state index in [1.54, 1.807) is 31.2 Å². The average molecular weight is 467 g/mol. The smallest absolute Gasteiger partial charge is 0.343 e. The lowest BCUT2D eigenvalue weighted by Gasteiger charge is -2.31. The maximum atomic E-state index is 13.4. The van der Waals surface area contributed by atoms with Gasteiger partial charge in [-0.2, -0.15) is 0 Å². The monoisotopic (exact) mass is 467 g/mol. The highest BCUT2D eigenvalue weighted by Gasteiger charge is 2.45. The molecule has 0 aliphatic carbocycles. The van der Waals surface area contributed by atoms with E-state index in [1.165, 1.54) is 11.7 Å². The molecule has 0 fully saturated rings. The number of nitrogens with zero attached hydrogens (tertiary/aromatic N) is 3. The number of fused-ring (bicyclic) bond motifs is 5. The molecule has 0 saturated heterocycles. The van der Waals surface area contributed by atoms with E-state index in [1.807, 2.05) is 0 Å².